The Balaban J connectivity index is 1.53. The number of H-pyrrole nitrogens is 1. The van der Waals surface area contributed by atoms with E-state index in [0.717, 1.165) is 0 Å². The maximum atomic E-state index is 14.8. The molecule has 0 aliphatic carbocycles. The number of hydrogen-bond acceptors (Lipinski definition) is 15. The van der Waals surface area contributed by atoms with Crippen molar-refractivity contribution in [1.82, 2.24) is 58.2 Å². The Morgan fingerprint density at radius 1 is 0.573 bits per heavy atom. The summed E-state index contributed by atoms with van der Waals surface area (Å²) in [6.07, 6.45) is -3.52. The van der Waals surface area contributed by atoms with Crippen molar-refractivity contribution >= 4 is 101 Å². The van der Waals surface area contributed by atoms with Crippen molar-refractivity contribution in [3.63, 3.8) is 0 Å². The molecule has 0 radical (unpaired) electrons. The molecule has 10 amide bonds. The molecular formula is C58H80F3N15O11S2. The number of guanidine groups is 1. The van der Waals surface area contributed by atoms with Gasteiger partial charge in [0.1, 0.15) is 54.9 Å². The summed E-state index contributed by atoms with van der Waals surface area (Å²) >= 11 is 8.49. The predicted molar refractivity (Wildman–Crippen MR) is 332 cm³/mol. The van der Waals surface area contributed by atoms with Crippen LogP contribution in [-0.2, 0) is 67.2 Å². The Labute approximate surface area is 523 Å². The SMILES string of the molecule is CC(=O)N[C@H](CCCCNC(N)=NCC(F)(F)F)C(=O)NCC(=O)N[C@@H](CS)C(=O)N[C@@H](Cc1ccccc1)C(=O)N[C@H](Cc1c[nH]c2ccccc12)C(=O)N[C@@H](CCCCN)C(=O)N[C@H](C(=O)N[C@@H](CS)C(=O)N[C@@H](Cc1ccccc1)C(N)=O)[C@@H](C)O. The number of thiol groups is 2. The Kier molecular flexibility index (Phi) is 30.7. The van der Waals surface area contributed by atoms with E-state index >= 15 is 0 Å². The number of hydrogen-bond donors (Lipinski definition) is 17. The summed E-state index contributed by atoms with van der Waals surface area (Å²) in [5, 5.41) is 37.0. The van der Waals surface area contributed by atoms with Crippen LogP contribution in [0.3, 0.4) is 0 Å². The lowest BCUT2D eigenvalue weighted by molar-refractivity contribution is -0.136. The molecule has 0 saturated heterocycles. The number of aromatic amines is 1. The third-order valence-corrected chi connectivity index (χ3v) is 14.4. The van der Waals surface area contributed by atoms with Gasteiger partial charge in [0.15, 0.2) is 5.96 Å². The summed E-state index contributed by atoms with van der Waals surface area (Å²) in [7, 11) is 0. The van der Waals surface area contributed by atoms with Crippen LogP contribution < -0.4 is 70.4 Å². The van der Waals surface area contributed by atoms with Crippen molar-refractivity contribution in [2.45, 2.75) is 132 Å². The molecule has 0 bridgehead atoms. The minimum absolute atomic E-state index is 0.0387. The number of aliphatic hydroxyl groups is 1. The summed E-state index contributed by atoms with van der Waals surface area (Å²) in [6.45, 7) is 0.543. The summed E-state index contributed by atoms with van der Waals surface area (Å²) in [5.41, 5.74) is 19.4. The summed E-state index contributed by atoms with van der Waals surface area (Å²) < 4.78 is 37.4. The molecule has 1 aromatic heterocycles. The van der Waals surface area contributed by atoms with Gasteiger partial charge in [0.25, 0.3) is 0 Å². The quantitative estimate of drug-likeness (QED) is 0.0108. The molecule has 0 aliphatic heterocycles. The number of carbonyl (C=O) groups excluding carboxylic acids is 10. The van der Waals surface area contributed by atoms with E-state index in [0.29, 0.717) is 40.4 Å². The van der Waals surface area contributed by atoms with Gasteiger partial charge >= 0.3 is 6.18 Å². The number of nitrogens with zero attached hydrogens (tertiary/aromatic N) is 1. The fraction of sp³-hybridized carbons (Fsp3) is 0.466. The van der Waals surface area contributed by atoms with Gasteiger partial charge in [-0.2, -0.15) is 38.4 Å². The van der Waals surface area contributed by atoms with E-state index in [1.807, 2.05) is 0 Å². The van der Waals surface area contributed by atoms with Crippen LogP contribution in [-0.4, -0.2) is 173 Å². The lowest BCUT2D eigenvalue weighted by Crippen LogP contribution is -2.62. The maximum Gasteiger partial charge on any atom is 0.408 e. The Hall–Kier alpha value is -8.42. The highest BCUT2D eigenvalue weighted by atomic mass is 32.1. The molecule has 1 heterocycles. The zero-order chi connectivity index (χ0) is 65.6. The van der Waals surface area contributed by atoms with Crippen molar-refractivity contribution in [3.8, 4) is 0 Å². The monoisotopic (exact) mass is 1280 g/mol. The van der Waals surface area contributed by atoms with Gasteiger partial charge in [-0.25, -0.2) is 4.99 Å². The summed E-state index contributed by atoms with van der Waals surface area (Å²) in [5.74, 6) is -9.52. The van der Waals surface area contributed by atoms with Crippen LogP contribution in [0.2, 0.25) is 0 Å². The zero-order valence-electron chi connectivity index (χ0n) is 49.2. The van der Waals surface area contributed by atoms with E-state index in [1.165, 1.54) is 13.8 Å². The van der Waals surface area contributed by atoms with Crippen molar-refractivity contribution in [2.24, 2.45) is 22.2 Å². The molecule has 9 atom stereocenters. The number of para-hydroxylation sites is 1. The highest BCUT2D eigenvalue weighted by Gasteiger charge is 2.36. The molecule has 0 unspecified atom stereocenters. The first-order valence-corrected chi connectivity index (χ1v) is 29.9. The molecule has 26 nitrogen and oxygen atoms in total. The number of aromatic nitrogens is 1. The van der Waals surface area contributed by atoms with Crippen LogP contribution in [0.15, 0.2) is 96.1 Å². The minimum atomic E-state index is -4.54. The van der Waals surface area contributed by atoms with Crippen molar-refractivity contribution in [1.29, 1.82) is 0 Å². The highest BCUT2D eigenvalue weighted by molar-refractivity contribution is 7.80. The molecule has 89 heavy (non-hydrogen) atoms. The van der Waals surface area contributed by atoms with E-state index in [-0.39, 0.29) is 69.5 Å². The fourth-order valence-electron chi connectivity index (χ4n) is 8.99. The second kappa shape index (κ2) is 37.4. The molecule has 486 valence electrons. The van der Waals surface area contributed by atoms with Crippen molar-refractivity contribution in [2.75, 3.05) is 37.7 Å². The maximum absolute atomic E-state index is 14.8. The second-order valence-corrected chi connectivity index (χ2v) is 21.6. The molecule has 4 rings (SSSR count). The number of unbranched alkanes of at least 4 members (excludes halogenated alkanes) is 2. The topological polar surface area (TPSA) is 417 Å². The Morgan fingerprint density at radius 2 is 1.06 bits per heavy atom. The molecule has 0 spiro atoms. The average molecular weight is 1280 g/mol. The van der Waals surface area contributed by atoms with Crippen LogP contribution in [0.5, 0.6) is 0 Å². The zero-order valence-corrected chi connectivity index (χ0v) is 51.0. The van der Waals surface area contributed by atoms with Gasteiger partial charge in [0, 0.05) is 61.3 Å². The summed E-state index contributed by atoms with van der Waals surface area (Å²) in [4.78, 5) is 142. The number of primary amides is 1. The van der Waals surface area contributed by atoms with Gasteiger partial charge in [0.05, 0.1) is 12.6 Å². The number of nitrogens with two attached hydrogens (primary N) is 3. The number of amides is 10. The van der Waals surface area contributed by atoms with Gasteiger partial charge < -0.3 is 80.5 Å². The van der Waals surface area contributed by atoms with Crippen LogP contribution >= 0.6 is 25.3 Å². The van der Waals surface area contributed by atoms with Crippen LogP contribution in [0.1, 0.15) is 69.1 Å². The number of fused-ring (bicyclic) bond motifs is 1. The lowest BCUT2D eigenvalue weighted by atomic mass is 10.0. The number of halogens is 3. The molecular weight excluding hydrogens is 1200 g/mol. The Morgan fingerprint density at radius 3 is 1.61 bits per heavy atom. The standard InChI is InChI=1S/C58H80F3N15O11S2/c1-33(77)48(56(87)75-46(31-89)55(86)72-42(49(63)80)25-35-15-5-3-6-16-35)76-51(82)41(21-11-13-23-62)71-53(84)44(27-37-28-66-39-20-10-9-19-38(37)39)74-52(83)43(26-36-17-7-4-8-18-36)73-54(85)45(30-88)70-47(79)29-67-50(81)40(69-34(2)78)22-12-14-24-65-57(64)68-32-58(59,60)61/h3-10,15-20,28,33,40-46,48,66,77,88-89H,11-14,21-27,29-32,62H2,1-2H3,(H2,63,80)(H,67,81)(H,69,78)(H,70,79)(H,71,84)(H,72,86)(H,73,85)(H,74,83)(H,75,87)(H,76,82)(H3,64,65,68)/t33-,40-,41+,42+,43+,44-,45+,46+,48+/m1/s1. The normalized spacial score (nSPS) is 14.6. The van der Waals surface area contributed by atoms with Gasteiger partial charge in [-0.15, -0.1) is 0 Å². The van der Waals surface area contributed by atoms with E-state index in [1.54, 1.807) is 91.1 Å². The van der Waals surface area contributed by atoms with Crippen molar-refractivity contribution < 1.29 is 66.2 Å². The fourth-order valence-corrected chi connectivity index (χ4v) is 9.51. The van der Waals surface area contributed by atoms with Gasteiger partial charge in [0.2, 0.25) is 59.1 Å². The highest BCUT2D eigenvalue weighted by Crippen LogP contribution is 2.20. The molecule has 0 aliphatic rings. The van der Waals surface area contributed by atoms with Crippen LogP contribution in [0.4, 0.5) is 13.2 Å². The van der Waals surface area contributed by atoms with E-state index in [4.69, 9.17) is 17.2 Å². The number of benzene rings is 3. The van der Waals surface area contributed by atoms with Gasteiger partial charge in [-0.1, -0.05) is 78.9 Å². The average Bonchev–Trinajstić information content (AvgIpc) is 3.61. The number of alkyl halides is 3. The van der Waals surface area contributed by atoms with Crippen molar-refractivity contribution in [3.05, 3.63) is 108 Å². The number of nitrogens with one attached hydrogen (secondary N) is 11. The number of aliphatic imine (C=N–C) groups is 1. The third-order valence-electron chi connectivity index (χ3n) is 13.7. The van der Waals surface area contributed by atoms with Gasteiger partial charge in [-0.05, 0) is 74.8 Å². The molecule has 31 heteroatoms. The first kappa shape index (κ1) is 73.1. The Bertz CT molecular complexity index is 3040. The first-order valence-electron chi connectivity index (χ1n) is 28.6. The lowest BCUT2D eigenvalue weighted by Gasteiger charge is -2.28. The second-order valence-electron chi connectivity index (χ2n) is 20.9. The number of rotatable bonds is 37. The molecule has 0 saturated carbocycles. The number of carbonyl (C=O) groups is 10. The first-order chi connectivity index (χ1) is 42.3. The van der Waals surface area contributed by atoms with Gasteiger partial charge in [-0.3, -0.25) is 47.9 Å². The molecule has 18 N–H and O–H groups in total. The predicted octanol–water partition coefficient (Wildman–Crippen LogP) is -1.30. The van der Waals surface area contributed by atoms with Crippen LogP contribution in [0.25, 0.3) is 10.9 Å². The molecule has 4 aromatic rings. The third kappa shape index (κ3) is 26.1. The van der Waals surface area contributed by atoms with E-state index < -0.39 is 139 Å². The van der Waals surface area contributed by atoms with E-state index in [9.17, 15) is 66.2 Å². The van der Waals surface area contributed by atoms with E-state index in [2.05, 4.69) is 88.4 Å². The number of aliphatic hydroxyl groups excluding tert-OH is 1. The largest absolute Gasteiger partial charge is 0.408 e. The summed E-state index contributed by atoms with van der Waals surface area (Å²) in [6, 6.07) is 13.2. The minimum Gasteiger partial charge on any atom is -0.391 e. The molecule has 3 aromatic carbocycles. The van der Waals surface area contributed by atoms with Crippen LogP contribution in [0, 0.1) is 0 Å². The molecule has 0 fully saturated rings. The smallest absolute Gasteiger partial charge is 0.391 e.